The fraction of sp³-hybridized carbons (Fsp3) is 0.278. The zero-order valence-corrected chi connectivity index (χ0v) is 16.4. The molecule has 26 heavy (non-hydrogen) atoms. The van der Waals surface area contributed by atoms with Crippen molar-refractivity contribution in [3.63, 3.8) is 0 Å². The molecule has 0 saturated heterocycles. The van der Waals surface area contributed by atoms with Gasteiger partial charge in [-0.05, 0) is 39.0 Å². The van der Waals surface area contributed by atoms with Crippen LogP contribution in [0.1, 0.15) is 31.1 Å². The first-order valence-electron chi connectivity index (χ1n) is 7.97. The molecule has 140 valence electrons. The van der Waals surface area contributed by atoms with Crippen molar-refractivity contribution < 1.29 is 17.9 Å². The summed E-state index contributed by atoms with van der Waals surface area (Å²) in [5, 5.41) is 0.236. The number of hydrogen-bond donors (Lipinski definition) is 1. The smallest absolute Gasteiger partial charge is 0.341 e. The van der Waals surface area contributed by atoms with Crippen molar-refractivity contribution in [1.82, 2.24) is 4.57 Å². The molecule has 0 spiro atoms. The Balaban J connectivity index is 2.63. The minimum atomic E-state index is -4.06. The van der Waals surface area contributed by atoms with Gasteiger partial charge < -0.3 is 15.0 Å². The van der Waals surface area contributed by atoms with Gasteiger partial charge in [-0.15, -0.1) is 0 Å². The molecule has 0 fully saturated rings. The fourth-order valence-electron chi connectivity index (χ4n) is 2.32. The maximum Gasteiger partial charge on any atom is 0.341 e. The van der Waals surface area contributed by atoms with Crippen molar-refractivity contribution in [2.45, 2.75) is 37.1 Å². The van der Waals surface area contributed by atoms with Crippen LogP contribution in [-0.4, -0.2) is 25.6 Å². The second kappa shape index (κ2) is 7.97. The lowest BCUT2D eigenvalue weighted by Gasteiger charge is -2.08. The largest absolute Gasteiger partial charge is 0.462 e. The number of ether oxygens (including phenoxy) is 1. The number of hydrogen-bond acceptors (Lipinski definition) is 5. The summed E-state index contributed by atoms with van der Waals surface area (Å²) in [4.78, 5) is 12.0. The third-order valence-electron chi connectivity index (χ3n) is 3.60. The topological polar surface area (TPSA) is 91.4 Å². The minimum Gasteiger partial charge on any atom is -0.462 e. The quantitative estimate of drug-likeness (QED) is 0.456. The maximum atomic E-state index is 13.1. The van der Waals surface area contributed by atoms with E-state index in [1.54, 1.807) is 11.5 Å². The number of sulfone groups is 1. The van der Waals surface area contributed by atoms with Gasteiger partial charge in [0, 0.05) is 24.0 Å². The Morgan fingerprint density at radius 1 is 1.27 bits per heavy atom. The van der Waals surface area contributed by atoms with E-state index in [1.165, 1.54) is 30.6 Å². The van der Waals surface area contributed by atoms with Crippen LogP contribution in [0.5, 0.6) is 0 Å². The highest BCUT2D eigenvalue weighted by Crippen LogP contribution is 2.31. The number of nitrogens with zero attached hydrogens (tertiary/aromatic N) is 1. The van der Waals surface area contributed by atoms with Gasteiger partial charge in [0.15, 0.2) is 0 Å². The van der Waals surface area contributed by atoms with Crippen LogP contribution in [0.15, 0.2) is 52.0 Å². The van der Waals surface area contributed by atoms with Gasteiger partial charge in [-0.2, -0.15) is 0 Å². The van der Waals surface area contributed by atoms with Crippen LogP contribution in [0.3, 0.4) is 0 Å². The van der Waals surface area contributed by atoms with E-state index < -0.39 is 15.8 Å². The van der Waals surface area contributed by atoms with Crippen LogP contribution >= 0.6 is 11.6 Å². The highest BCUT2D eigenvalue weighted by atomic mass is 35.5. The lowest BCUT2D eigenvalue weighted by Crippen LogP contribution is -2.11. The Morgan fingerprint density at radius 3 is 2.58 bits per heavy atom. The fourth-order valence-corrected chi connectivity index (χ4v) is 4.15. The van der Waals surface area contributed by atoms with E-state index in [0.29, 0.717) is 6.54 Å². The van der Waals surface area contributed by atoms with Crippen LogP contribution in [0, 0.1) is 0 Å². The molecule has 2 aromatic rings. The molecule has 0 aliphatic rings. The zero-order valence-electron chi connectivity index (χ0n) is 14.8. The Kier molecular flexibility index (Phi) is 6.15. The van der Waals surface area contributed by atoms with Crippen molar-refractivity contribution in [2.24, 2.45) is 0 Å². The van der Waals surface area contributed by atoms with E-state index >= 15 is 0 Å². The number of nitrogen functional groups attached to an aromatic ring is 1. The number of halogens is 1. The molecule has 2 N–H and O–H groups in total. The van der Waals surface area contributed by atoms with Crippen molar-refractivity contribution in [1.29, 1.82) is 0 Å². The number of allylic oxidation sites excluding steroid dienone is 2. The molecule has 0 saturated carbocycles. The molecule has 0 radical (unpaired) electrons. The summed E-state index contributed by atoms with van der Waals surface area (Å²) in [6.45, 7) is 6.08. The predicted molar refractivity (Wildman–Crippen MR) is 101 cm³/mol. The standard InChI is InChI=1S/C18H21ClN2O4S/c1-4-25-18(22)14-10-21(8-7-12(2)3)11-17(14)26(23,24)16-9-13(19)5-6-15(16)20/h5-7,9-11H,4,8,20H2,1-3H3. The van der Waals surface area contributed by atoms with Gasteiger partial charge in [-0.1, -0.05) is 23.3 Å². The molecule has 1 heterocycles. The van der Waals surface area contributed by atoms with Crippen molar-refractivity contribution in [3.8, 4) is 0 Å². The van der Waals surface area contributed by atoms with Crippen molar-refractivity contribution >= 4 is 33.1 Å². The summed E-state index contributed by atoms with van der Waals surface area (Å²) in [7, 11) is -4.06. The monoisotopic (exact) mass is 396 g/mol. The van der Waals surface area contributed by atoms with Crippen LogP contribution in [0.25, 0.3) is 0 Å². The van der Waals surface area contributed by atoms with Crippen LogP contribution in [-0.2, 0) is 21.1 Å². The molecular weight excluding hydrogens is 376 g/mol. The molecule has 0 amide bonds. The highest BCUT2D eigenvalue weighted by Gasteiger charge is 2.29. The Labute approximate surface area is 158 Å². The molecule has 1 aromatic carbocycles. The molecule has 0 bridgehead atoms. The van der Waals surface area contributed by atoms with E-state index in [4.69, 9.17) is 22.1 Å². The number of carbonyl (C=O) groups is 1. The summed E-state index contributed by atoms with van der Waals surface area (Å²) in [6.07, 6.45) is 4.78. The van der Waals surface area contributed by atoms with E-state index in [9.17, 15) is 13.2 Å². The molecule has 2 rings (SSSR count). The molecule has 0 atom stereocenters. The molecular formula is C18H21ClN2O4S. The number of nitrogens with two attached hydrogens (primary N) is 1. The Morgan fingerprint density at radius 2 is 1.96 bits per heavy atom. The van der Waals surface area contributed by atoms with E-state index in [-0.39, 0.29) is 32.7 Å². The van der Waals surface area contributed by atoms with Crippen molar-refractivity contribution in [2.75, 3.05) is 12.3 Å². The Bertz CT molecular complexity index is 958. The van der Waals surface area contributed by atoms with Crippen LogP contribution in [0.2, 0.25) is 5.02 Å². The first-order chi connectivity index (χ1) is 12.2. The molecule has 6 nitrogen and oxygen atoms in total. The van der Waals surface area contributed by atoms with Gasteiger partial charge in [-0.25, -0.2) is 13.2 Å². The minimum absolute atomic E-state index is 0.0339. The first kappa shape index (κ1) is 20.1. The summed E-state index contributed by atoms with van der Waals surface area (Å²) >= 11 is 5.93. The summed E-state index contributed by atoms with van der Waals surface area (Å²) < 4.78 is 32.8. The number of aromatic nitrogens is 1. The normalized spacial score (nSPS) is 11.2. The van der Waals surface area contributed by atoms with Gasteiger partial charge >= 0.3 is 5.97 Å². The van der Waals surface area contributed by atoms with Gasteiger partial charge in [0.25, 0.3) is 0 Å². The first-order valence-corrected chi connectivity index (χ1v) is 9.83. The maximum absolute atomic E-state index is 13.1. The average molecular weight is 397 g/mol. The molecule has 0 aliphatic heterocycles. The average Bonchev–Trinajstić information content (AvgIpc) is 3.00. The van der Waals surface area contributed by atoms with Gasteiger partial charge in [0.2, 0.25) is 9.84 Å². The number of benzene rings is 1. The lowest BCUT2D eigenvalue weighted by atomic mass is 10.3. The molecule has 8 heteroatoms. The molecule has 1 aromatic heterocycles. The van der Waals surface area contributed by atoms with E-state index in [0.717, 1.165) is 5.57 Å². The lowest BCUT2D eigenvalue weighted by molar-refractivity contribution is 0.0522. The van der Waals surface area contributed by atoms with Crippen LogP contribution < -0.4 is 5.73 Å². The molecule has 0 unspecified atom stereocenters. The third-order valence-corrected chi connectivity index (χ3v) is 5.68. The number of rotatable bonds is 6. The summed E-state index contributed by atoms with van der Waals surface area (Å²) in [6, 6.07) is 4.19. The number of anilines is 1. The van der Waals surface area contributed by atoms with Gasteiger partial charge in [-0.3, -0.25) is 0 Å². The Hall–Kier alpha value is -2.25. The highest BCUT2D eigenvalue weighted by molar-refractivity contribution is 7.91. The number of carbonyl (C=O) groups excluding carboxylic acids is 1. The second-order valence-corrected chi connectivity index (χ2v) is 8.24. The number of esters is 1. The summed E-state index contributed by atoms with van der Waals surface area (Å²) in [5.74, 6) is -0.706. The van der Waals surface area contributed by atoms with Crippen molar-refractivity contribution in [3.05, 3.63) is 52.8 Å². The van der Waals surface area contributed by atoms with E-state index in [2.05, 4.69) is 0 Å². The van der Waals surface area contributed by atoms with E-state index in [1.807, 2.05) is 19.9 Å². The molecule has 0 aliphatic carbocycles. The van der Waals surface area contributed by atoms with Gasteiger partial charge in [0.05, 0.1) is 22.8 Å². The second-order valence-electron chi connectivity index (χ2n) is 5.92. The SMILES string of the molecule is CCOC(=O)c1cn(CC=C(C)C)cc1S(=O)(=O)c1cc(Cl)ccc1N. The van der Waals surface area contributed by atoms with Crippen LogP contribution in [0.4, 0.5) is 5.69 Å². The third kappa shape index (κ3) is 4.28. The zero-order chi connectivity index (χ0) is 19.5. The van der Waals surface area contributed by atoms with Gasteiger partial charge in [0.1, 0.15) is 4.90 Å². The summed E-state index contributed by atoms with van der Waals surface area (Å²) in [5.41, 5.74) is 6.92. The predicted octanol–water partition coefficient (Wildman–Crippen LogP) is 3.70.